The van der Waals surface area contributed by atoms with E-state index in [0.29, 0.717) is 0 Å². The number of thiocarbonyl (C=S) groups is 1. The van der Waals surface area contributed by atoms with Crippen molar-refractivity contribution < 1.29 is 36.7 Å². The van der Waals surface area contributed by atoms with Gasteiger partial charge in [-0.15, -0.1) is 0 Å². The third-order valence-electron chi connectivity index (χ3n) is 3.33. The summed E-state index contributed by atoms with van der Waals surface area (Å²) in [6.45, 7) is 1.80. The lowest BCUT2D eigenvalue weighted by Gasteiger charge is -2.25. The Hall–Kier alpha value is -2.65. The number of anilines is 1. The Balaban J connectivity index is 3.21. The van der Waals surface area contributed by atoms with Crippen LogP contribution >= 0.6 is 12.2 Å². The molecule has 0 radical (unpaired) electrons. The molecule has 0 saturated carbocycles. The van der Waals surface area contributed by atoms with Gasteiger partial charge in [-0.1, -0.05) is 0 Å². The molecule has 0 aromatic heterocycles. The molecule has 0 fully saturated rings. The zero-order valence-electron chi connectivity index (χ0n) is 14.1. The molecule has 0 aliphatic rings. The largest absolute Gasteiger partial charge is 0.471 e. The van der Waals surface area contributed by atoms with Gasteiger partial charge in [0, 0.05) is 24.6 Å². The molecule has 27 heavy (non-hydrogen) atoms. The van der Waals surface area contributed by atoms with Crippen molar-refractivity contribution in [3.8, 4) is 0 Å². The quantitative estimate of drug-likeness (QED) is 0.325. The van der Waals surface area contributed by atoms with Crippen molar-refractivity contribution in [2.75, 3.05) is 11.9 Å². The number of benzene rings is 1. The summed E-state index contributed by atoms with van der Waals surface area (Å²) in [7, 11) is 0. The van der Waals surface area contributed by atoms with Crippen LogP contribution in [-0.4, -0.2) is 35.6 Å². The average Bonchev–Trinajstić information content (AvgIpc) is 2.53. The van der Waals surface area contributed by atoms with Crippen LogP contribution in [0.25, 0.3) is 0 Å². The smallest absolute Gasteiger partial charge is 0.458 e. The molecule has 0 saturated heterocycles. The van der Waals surface area contributed by atoms with E-state index in [1.807, 2.05) is 5.16 Å². The Labute approximate surface area is 156 Å². The molecule has 146 valence electrons. The van der Waals surface area contributed by atoms with Gasteiger partial charge in [0.1, 0.15) is 18.0 Å². The topological polar surface area (TPSA) is 84.8 Å². The Morgan fingerprint density at radius 3 is 2.44 bits per heavy atom. The third kappa shape index (κ3) is 6.54. The molecule has 1 rings (SSSR count). The summed E-state index contributed by atoms with van der Waals surface area (Å²) >= 11 is 4.50. The number of hydrogen-bond donors (Lipinski definition) is 1. The van der Waals surface area contributed by atoms with Crippen LogP contribution in [-0.2, 0) is 24.7 Å². The summed E-state index contributed by atoms with van der Waals surface area (Å²) in [6.07, 6.45) is -5.61. The van der Waals surface area contributed by atoms with E-state index in [1.165, 1.54) is 6.92 Å². The molecule has 11 heteroatoms. The van der Waals surface area contributed by atoms with Crippen LogP contribution in [0, 0.1) is 5.82 Å². The number of esters is 1. The number of alkyl halides is 3. The number of rotatable bonds is 7. The maximum absolute atomic E-state index is 14.3. The number of halogens is 4. The second kappa shape index (κ2) is 8.83. The highest BCUT2D eigenvalue weighted by molar-refractivity contribution is 7.78. The first kappa shape index (κ1) is 22.4. The van der Waals surface area contributed by atoms with Crippen LogP contribution in [0.1, 0.15) is 25.8 Å². The fraction of sp³-hybridized carbons (Fsp3) is 0.375. The maximum Gasteiger partial charge on any atom is 0.471 e. The number of isothiocyanates is 1. The number of Topliss-reactive ketones (excluding diaryl/α,β-unsaturated/α-hetero) is 1. The predicted molar refractivity (Wildman–Crippen MR) is 89.7 cm³/mol. The summed E-state index contributed by atoms with van der Waals surface area (Å²) in [5, 5.41) is 3.59. The van der Waals surface area contributed by atoms with E-state index in [0.717, 1.165) is 25.1 Å². The van der Waals surface area contributed by atoms with E-state index in [2.05, 4.69) is 21.9 Å². The summed E-state index contributed by atoms with van der Waals surface area (Å²) in [4.78, 5) is 37.5. The SMILES string of the molecule is CC(=O)OCC(=O)CC(C)(N=C=S)c1cc(NC(=O)C(F)(F)F)ccc1F. The van der Waals surface area contributed by atoms with Crippen molar-refractivity contribution >= 4 is 40.7 Å². The van der Waals surface area contributed by atoms with E-state index in [4.69, 9.17) is 0 Å². The highest BCUT2D eigenvalue weighted by Gasteiger charge is 2.39. The van der Waals surface area contributed by atoms with Crippen molar-refractivity contribution in [2.24, 2.45) is 4.99 Å². The van der Waals surface area contributed by atoms with Gasteiger partial charge in [-0.2, -0.15) is 13.2 Å². The van der Waals surface area contributed by atoms with Crippen LogP contribution in [0.2, 0.25) is 0 Å². The molecule has 6 nitrogen and oxygen atoms in total. The van der Waals surface area contributed by atoms with Gasteiger partial charge in [0.25, 0.3) is 0 Å². The van der Waals surface area contributed by atoms with Crippen molar-refractivity contribution in [2.45, 2.75) is 32.0 Å². The van der Waals surface area contributed by atoms with Gasteiger partial charge in [-0.3, -0.25) is 14.4 Å². The number of ether oxygens (including phenoxy) is 1. The number of carbonyl (C=O) groups is 3. The maximum atomic E-state index is 14.3. The Bertz CT molecular complexity index is 806. The highest BCUT2D eigenvalue weighted by Crippen LogP contribution is 2.33. The Morgan fingerprint density at radius 2 is 1.93 bits per heavy atom. The molecule has 1 unspecified atom stereocenters. The van der Waals surface area contributed by atoms with Crippen molar-refractivity contribution in [3.63, 3.8) is 0 Å². The Morgan fingerprint density at radius 1 is 1.30 bits per heavy atom. The molecule has 1 atom stereocenters. The molecular formula is C16H14F4N2O4S. The van der Waals surface area contributed by atoms with E-state index in [9.17, 15) is 31.9 Å². The minimum absolute atomic E-state index is 0.295. The predicted octanol–water partition coefficient (Wildman–Crippen LogP) is 3.17. The molecule has 1 aromatic rings. The lowest BCUT2D eigenvalue weighted by molar-refractivity contribution is -0.167. The van der Waals surface area contributed by atoms with Gasteiger partial charge in [0.15, 0.2) is 5.78 Å². The second-order valence-corrected chi connectivity index (χ2v) is 5.80. The molecule has 0 aliphatic carbocycles. The van der Waals surface area contributed by atoms with Crippen molar-refractivity contribution in [1.29, 1.82) is 0 Å². The van der Waals surface area contributed by atoms with Crippen LogP contribution < -0.4 is 5.32 Å². The number of nitrogens with zero attached hydrogens (tertiary/aromatic N) is 1. The lowest BCUT2D eigenvalue weighted by Crippen LogP contribution is -2.30. The zero-order valence-corrected chi connectivity index (χ0v) is 15.0. The van der Waals surface area contributed by atoms with Gasteiger partial charge in [-0.05, 0) is 37.3 Å². The molecule has 0 heterocycles. The third-order valence-corrected chi connectivity index (χ3v) is 3.42. The first-order valence-corrected chi connectivity index (χ1v) is 7.72. The number of aliphatic imine (C=N–C) groups is 1. The normalized spacial score (nSPS) is 13.1. The van der Waals surface area contributed by atoms with Crippen LogP contribution in [0.3, 0.4) is 0 Å². The molecule has 0 bridgehead atoms. The molecule has 0 aliphatic heterocycles. The van der Waals surface area contributed by atoms with Crippen LogP contribution in [0.4, 0.5) is 23.2 Å². The molecule has 1 aromatic carbocycles. The highest BCUT2D eigenvalue weighted by atomic mass is 32.1. The van der Waals surface area contributed by atoms with Gasteiger partial charge in [0.2, 0.25) is 0 Å². The van der Waals surface area contributed by atoms with Crippen molar-refractivity contribution in [1.82, 2.24) is 0 Å². The van der Waals surface area contributed by atoms with Gasteiger partial charge in [0.05, 0.1) is 5.16 Å². The van der Waals surface area contributed by atoms with Gasteiger partial charge < -0.3 is 10.1 Å². The fourth-order valence-electron chi connectivity index (χ4n) is 2.13. The number of ketones is 1. The number of carbonyl (C=O) groups excluding carboxylic acids is 3. The minimum Gasteiger partial charge on any atom is -0.458 e. The lowest BCUT2D eigenvalue weighted by atomic mass is 9.87. The van der Waals surface area contributed by atoms with E-state index >= 15 is 0 Å². The average molecular weight is 406 g/mol. The standard InChI is InChI=1S/C16H14F4N2O4S/c1-9(23)26-7-11(24)6-15(2,21-8-27)12-5-10(3-4-13(12)17)22-14(25)16(18,19)20/h3-5H,6-7H2,1-2H3,(H,22,25). The first-order chi connectivity index (χ1) is 12.4. The fourth-order valence-corrected chi connectivity index (χ4v) is 2.33. The first-order valence-electron chi connectivity index (χ1n) is 7.31. The molecular weight excluding hydrogens is 392 g/mol. The second-order valence-electron chi connectivity index (χ2n) is 5.62. The zero-order chi connectivity index (χ0) is 20.8. The summed E-state index contributed by atoms with van der Waals surface area (Å²) in [5.41, 5.74) is -2.29. The Kier molecular flexibility index (Phi) is 7.32. The summed E-state index contributed by atoms with van der Waals surface area (Å²) in [5.74, 6) is -4.47. The van der Waals surface area contributed by atoms with Gasteiger partial charge >= 0.3 is 18.1 Å². The minimum atomic E-state index is -5.13. The number of amides is 1. The van der Waals surface area contributed by atoms with E-state index in [-0.39, 0.29) is 11.3 Å². The van der Waals surface area contributed by atoms with Crippen LogP contribution in [0.5, 0.6) is 0 Å². The molecule has 1 amide bonds. The van der Waals surface area contributed by atoms with Gasteiger partial charge in [-0.25, -0.2) is 9.38 Å². The summed E-state index contributed by atoms with van der Waals surface area (Å²) in [6, 6.07) is 2.65. The van der Waals surface area contributed by atoms with Crippen molar-refractivity contribution in [3.05, 3.63) is 29.6 Å². The summed E-state index contributed by atoms with van der Waals surface area (Å²) < 4.78 is 56.0. The van der Waals surface area contributed by atoms with E-state index < -0.39 is 48.2 Å². The van der Waals surface area contributed by atoms with E-state index in [1.54, 1.807) is 5.32 Å². The number of hydrogen-bond acceptors (Lipinski definition) is 6. The molecule has 1 N–H and O–H groups in total. The monoisotopic (exact) mass is 406 g/mol. The molecule has 0 spiro atoms. The number of nitrogens with one attached hydrogen (secondary N) is 1. The van der Waals surface area contributed by atoms with Crippen LogP contribution in [0.15, 0.2) is 23.2 Å².